The van der Waals surface area contributed by atoms with Crippen LogP contribution in [-0.4, -0.2) is 66.2 Å². The van der Waals surface area contributed by atoms with Gasteiger partial charge in [0.15, 0.2) is 0 Å². The van der Waals surface area contributed by atoms with Crippen molar-refractivity contribution >= 4 is 15.9 Å². The molecule has 0 unspecified atom stereocenters. The fourth-order valence-corrected chi connectivity index (χ4v) is 2.81. The molecule has 0 saturated heterocycles. The van der Waals surface area contributed by atoms with Gasteiger partial charge in [-0.05, 0) is 19.8 Å². The van der Waals surface area contributed by atoms with Crippen LogP contribution in [0.25, 0.3) is 0 Å². The van der Waals surface area contributed by atoms with Crippen molar-refractivity contribution in [1.82, 2.24) is 19.7 Å². The summed E-state index contributed by atoms with van der Waals surface area (Å²) in [6, 6.07) is -0.359. The van der Waals surface area contributed by atoms with E-state index in [1.807, 2.05) is 13.8 Å². The normalized spacial score (nSPS) is 11.6. The third-order valence-electron chi connectivity index (χ3n) is 2.90. The molecule has 0 saturated carbocycles. The topological polar surface area (TPSA) is 94.4 Å². The lowest BCUT2D eigenvalue weighted by Gasteiger charge is -2.20. The molecule has 0 bridgehead atoms. The smallest absolute Gasteiger partial charge is 0.346 e. The van der Waals surface area contributed by atoms with Gasteiger partial charge in [0.2, 0.25) is 9.84 Å². The van der Waals surface area contributed by atoms with Crippen LogP contribution in [0.1, 0.15) is 33.6 Å². The Morgan fingerprint density at radius 3 is 2.45 bits per heavy atom. The van der Waals surface area contributed by atoms with Gasteiger partial charge >= 0.3 is 6.03 Å². The van der Waals surface area contributed by atoms with Gasteiger partial charge in [-0.1, -0.05) is 13.8 Å². The molecule has 8 nitrogen and oxygen atoms in total. The Morgan fingerprint density at radius 2 is 1.91 bits per heavy atom. The second kappa shape index (κ2) is 8.84. The van der Waals surface area contributed by atoms with Gasteiger partial charge in [0, 0.05) is 19.7 Å². The first-order valence-electron chi connectivity index (χ1n) is 7.47. The number of sulfone groups is 1. The van der Waals surface area contributed by atoms with E-state index in [9.17, 15) is 13.2 Å². The van der Waals surface area contributed by atoms with Crippen LogP contribution < -0.4 is 0 Å². The Kier molecular flexibility index (Phi) is 7.46. The number of carbonyl (C=O) groups excluding carboxylic acids is 1. The highest BCUT2D eigenvalue weighted by Gasteiger charge is 2.22. The van der Waals surface area contributed by atoms with Crippen molar-refractivity contribution < 1.29 is 17.9 Å². The van der Waals surface area contributed by atoms with Crippen LogP contribution in [0, 0.1) is 0 Å². The summed E-state index contributed by atoms with van der Waals surface area (Å²) in [5, 5.41) is 3.48. The summed E-state index contributed by atoms with van der Waals surface area (Å²) in [7, 11) is -3.63. The minimum absolute atomic E-state index is 0.0825. The van der Waals surface area contributed by atoms with Gasteiger partial charge in [0.25, 0.3) is 5.16 Å². The molecular weight excluding hydrogens is 308 g/mol. The van der Waals surface area contributed by atoms with Crippen LogP contribution in [0.2, 0.25) is 0 Å². The van der Waals surface area contributed by atoms with E-state index >= 15 is 0 Å². The molecule has 1 heterocycles. The van der Waals surface area contributed by atoms with E-state index < -0.39 is 9.84 Å². The number of amides is 1. The summed E-state index contributed by atoms with van der Waals surface area (Å²) >= 11 is 0. The third kappa shape index (κ3) is 5.06. The average molecular weight is 332 g/mol. The maximum atomic E-state index is 12.3. The van der Waals surface area contributed by atoms with Crippen LogP contribution in [0.5, 0.6) is 0 Å². The maximum absolute atomic E-state index is 12.3. The van der Waals surface area contributed by atoms with Crippen molar-refractivity contribution in [2.75, 3.05) is 32.1 Å². The van der Waals surface area contributed by atoms with Gasteiger partial charge in [-0.15, -0.1) is 5.10 Å². The monoisotopic (exact) mass is 332 g/mol. The Labute approximate surface area is 131 Å². The van der Waals surface area contributed by atoms with E-state index in [-0.39, 0.29) is 23.5 Å². The summed E-state index contributed by atoms with van der Waals surface area (Å²) in [5.74, 6) is -0.202. The minimum atomic E-state index is -3.63. The highest BCUT2D eigenvalue weighted by molar-refractivity contribution is 7.91. The number of aromatic nitrogens is 3. The zero-order chi connectivity index (χ0) is 16.6. The molecule has 1 aromatic rings. The van der Waals surface area contributed by atoms with Crippen molar-refractivity contribution in [2.24, 2.45) is 0 Å². The maximum Gasteiger partial charge on any atom is 0.346 e. The first-order valence-corrected chi connectivity index (χ1v) is 9.12. The lowest BCUT2D eigenvalue weighted by Crippen LogP contribution is -2.36. The number of hydrogen-bond acceptors (Lipinski definition) is 6. The van der Waals surface area contributed by atoms with Gasteiger partial charge < -0.3 is 9.64 Å². The average Bonchev–Trinajstić information content (AvgIpc) is 2.97. The van der Waals surface area contributed by atoms with Crippen LogP contribution in [0.3, 0.4) is 0 Å². The van der Waals surface area contributed by atoms with Gasteiger partial charge in [-0.25, -0.2) is 18.2 Å². The van der Waals surface area contributed by atoms with E-state index in [1.165, 1.54) is 0 Å². The fraction of sp³-hybridized carbons (Fsp3) is 0.769. The van der Waals surface area contributed by atoms with Crippen molar-refractivity contribution in [3.63, 3.8) is 0 Å². The van der Waals surface area contributed by atoms with Crippen molar-refractivity contribution in [1.29, 1.82) is 0 Å². The molecular formula is C13H24N4O4S. The molecule has 1 aromatic heterocycles. The summed E-state index contributed by atoms with van der Waals surface area (Å²) < 4.78 is 30.1. The molecule has 0 aromatic carbocycles. The predicted molar refractivity (Wildman–Crippen MR) is 81.5 cm³/mol. The number of ether oxygens (including phenoxy) is 1. The zero-order valence-corrected chi connectivity index (χ0v) is 14.2. The minimum Gasteiger partial charge on any atom is -0.381 e. The largest absolute Gasteiger partial charge is 0.381 e. The van der Waals surface area contributed by atoms with Gasteiger partial charge in [-0.2, -0.15) is 4.68 Å². The molecule has 0 aliphatic heterocycles. The molecule has 0 spiro atoms. The van der Waals surface area contributed by atoms with E-state index in [1.54, 1.807) is 11.8 Å². The number of carbonyl (C=O) groups is 1. The summed E-state index contributed by atoms with van der Waals surface area (Å²) in [4.78, 5) is 17.7. The molecule has 9 heteroatoms. The lowest BCUT2D eigenvalue weighted by molar-refractivity contribution is 0.163. The highest BCUT2D eigenvalue weighted by atomic mass is 32.2. The number of hydrogen-bond donors (Lipinski definition) is 0. The zero-order valence-electron chi connectivity index (χ0n) is 13.4. The molecule has 0 N–H and O–H groups in total. The molecule has 22 heavy (non-hydrogen) atoms. The molecule has 0 atom stereocenters. The van der Waals surface area contributed by atoms with E-state index in [4.69, 9.17) is 4.74 Å². The number of nitrogens with zero attached hydrogens (tertiary/aromatic N) is 4. The summed E-state index contributed by atoms with van der Waals surface area (Å²) in [6.45, 7) is 7.45. The van der Waals surface area contributed by atoms with Crippen LogP contribution in [0.15, 0.2) is 11.5 Å². The van der Waals surface area contributed by atoms with Crippen LogP contribution in [-0.2, 0) is 14.6 Å². The van der Waals surface area contributed by atoms with Gasteiger partial charge in [-0.3, -0.25) is 0 Å². The molecule has 126 valence electrons. The van der Waals surface area contributed by atoms with Crippen LogP contribution >= 0.6 is 0 Å². The van der Waals surface area contributed by atoms with Crippen molar-refractivity contribution in [3.8, 4) is 0 Å². The lowest BCUT2D eigenvalue weighted by atomic mass is 10.4. The molecule has 1 amide bonds. The van der Waals surface area contributed by atoms with Gasteiger partial charge in [0.1, 0.15) is 6.33 Å². The summed E-state index contributed by atoms with van der Waals surface area (Å²) in [6.07, 6.45) is 2.79. The summed E-state index contributed by atoms with van der Waals surface area (Å²) in [5.41, 5.74) is 0. The second-order valence-corrected chi connectivity index (χ2v) is 6.76. The molecule has 0 radical (unpaired) electrons. The SMILES string of the molecule is CCCN(CCC)C(=O)n1cnc(S(=O)(=O)CCOCC)n1. The second-order valence-electron chi connectivity index (χ2n) is 4.76. The number of rotatable bonds is 9. The van der Waals surface area contributed by atoms with Crippen molar-refractivity contribution in [2.45, 2.75) is 38.8 Å². The highest BCUT2D eigenvalue weighted by Crippen LogP contribution is 2.06. The predicted octanol–water partition coefficient (Wildman–Crippen LogP) is 1.18. The molecule has 0 aliphatic carbocycles. The Balaban J connectivity index is 2.83. The molecule has 0 aliphatic rings. The van der Waals surface area contributed by atoms with Gasteiger partial charge in [0.05, 0.1) is 12.4 Å². The molecule has 0 fully saturated rings. The Hall–Kier alpha value is -1.48. The standard InChI is InChI=1S/C13H24N4O4S/c1-4-7-16(8-5-2)13(18)17-11-14-12(15-17)22(19,20)10-9-21-6-3/h11H,4-10H2,1-3H3. The third-order valence-corrected chi connectivity index (χ3v) is 4.35. The Morgan fingerprint density at radius 1 is 1.27 bits per heavy atom. The quantitative estimate of drug-likeness (QED) is 0.630. The van der Waals surface area contributed by atoms with Crippen molar-refractivity contribution in [3.05, 3.63) is 6.33 Å². The Bertz CT molecular complexity index is 564. The van der Waals surface area contributed by atoms with E-state index in [0.29, 0.717) is 19.7 Å². The van der Waals surface area contributed by atoms with E-state index in [2.05, 4.69) is 10.1 Å². The first kappa shape index (κ1) is 18.6. The first-order chi connectivity index (χ1) is 10.5. The fourth-order valence-electron chi connectivity index (χ4n) is 1.87. The van der Waals surface area contributed by atoms with E-state index in [0.717, 1.165) is 23.9 Å². The molecule has 1 rings (SSSR count). The van der Waals surface area contributed by atoms with Crippen LogP contribution in [0.4, 0.5) is 4.79 Å².